The zero-order valence-corrected chi connectivity index (χ0v) is 32.6. The maximum absolute atomic E-state index is 5.86. The molecule has 2 atom stereocenters. The monoisotopic (exact) mass is 702 g/mol. The van der Waals surface area contributed by atoms with E-state index in [1.807, 2.05) is 0 Å². The molecule has 0 radical (unpaired) electrons. The van der Waals surface area contributed by atoms with Crippen molar-refractivity contribution in [1.82, 2.24) is 0 Å². The van der Waals surface area contributed by atoms with Gasteiger partial charge < -0.3 is 9.47 Å². The summed E-state index contributed by atoms with van der Waals surface area (Å²) >= 11 is 2.05. The van der Waals surface area contributed by atoms with E-state index in [2.05, 4.69) is 137 Å². The fraction of sp³-hybridized carbons (Fsp3) is 0.500. The Kier molecular flexibility index (Phi) is 14.0. The van der Waals surface area contributed by atoms with Gasteiger partial charge in [-0.25, -0.2) is 0 Å². The first-order chi connectivity index (χ1) is 25.1. The first kappa shape index (κ1) is 37.6. The van der Waals surface area contributed by atoms with Gasteiger partial charge in [-0.15, -0.1) is 11.8 Å². The minimum absolute atomic E-state index is 0.167. The number of benzene rings is 4. The fourth-order valence-corrected chi connectivity index (χ4v) is 10.4. The van der Waals surface area contributed by atoms with Crippen LogP contribution in [0.15, 0.2) is 97.1 Å². The topological polar surface area (TPSA) is 18.5 Å². The Morgan fingerprint density at radius 2 is 0.765 bits per heavy atom. The second kappa shape index (κ2) is 19.1. The molecule has 6 rings (SSSR count). The summed E-state index contributed by atoms with van der Waals surface area (Å²) in [5.74, 6) is 5.12. The van der Waals surface area contributed by atoms with Crippen molar-refractivity contribution in [1.29, 1.82) is 0 Å². The number of hydrogen-bond donors (Lipinski definition) is 0. The number of ether oxygens (including phenoxy) is 2. The summed E-state index contributed by atoms with van der Waals surface area (Å²) in [5, 5.41) is 0.334. The molecule has 0 amide bonds. The Labute approximate surface area is 314 Å². The van der Waals surface area contributed by atoms with Crippen LogP contribution in [0, 0.1) is 11.8 Å². The van der Waals surface area contributed by atoms with Crippen LogP contribution in [0.3, 0.4) is 0 Å². The van der Waals surface area contributed by atoms with Gasteiger partial charge in [-0.3, -0.25) is 0 Å². The van der Waals surface area contributed by atoms with Gasteiger partial charge in [0.1, 0.15) is 11.5 Å². The highest BCUT2D eigenvalue weighted by Crippen LogP contribution is 2.49. The van der Waals surface area contributed by atoms with Crippen molar-refractivity contribution in [3.05, 3.63) is 130 Å². The third-order valence-corrected chi connectivity index (χ3v) is 13.4. The van der Waals surface area contributed by atoms with Crippen LogP contribution in [0.1, 0.15) is 160 Å². The third kappa shape index (κ3) is 10.0. The predicted octanol–water partition coefficient (Wildman–Crippen LogP) is 14.2. The quantitative estimate of drug-likeness (QED) is 0.116. The van der Waals surface area contributed by atoms with Gasteiger partial charge in [0.05, 0.1) is 23.7 Å². The van der Waals surface area contributed by atoms with Crippen LogP contribution >= 0.6 is 11.8 Å². The van der Waals surface area contributed by atoms with Crippen molar-refractivity contribution >= 4 is 11.8 Å². The number of thioether (sulfide) groups is 1. The number of hydrogen-bond acceptors (Lipinski definition) is 3. The van der Waals surface area contributed by atoms with E-state index in [-0.39, 0.29) is 10.5 Å². The highest BCUT2D eigenvalue weighted by Gasteiger charge is 2.27. The summed E-state index contributed by atoms with van der Waals surface area (Å²) in [4.78, 5) is 0. The molecule has 2 aliphatic carbocycles. The molecule has 0 heterocycles. The second-order valence-corrected chi connectivity index (χ2v) is 16.5. The Bertz CT molecular complexity index is 1440. The summed E-state index contributed by atoms with van der Waals surface area (Å²) in [6.45, 7) is 10.1. The molecule has 2 aliphatic rings. The van der Waals surface area contributed by atoms with Crippen LogP contribution in [0.25, 0.3) is 0 Å². The molecule has 0 aliphatic heterocycles. The third-order valence-electron chi connectivity index (χ3n) is 11.8. The molecule has 0 bridgehead atoms. The van der Waals surface area contributed by atoms with Gasteiger partial charge in [0.2, 0.25) is 0 Å². The highest BCUT2D eigenvalue weighted by molar-refractivity contribution is 8.00. The van der Waals surface area contributed by atoms with Gasteiger partial charge in [0.15, 0.2) is 0 Å². The summed E-state index contributed by atoms with van der Waals surface area (Å²) < 4.78 is 11.7. The van der Waals surface area contributed by atoms with Crippen LogP contribution in [0.2, 0.25) is 0 Å². The van der Waals surface area contributed by atoms with Gasteiger partial charge in [-0.2, -0.15) is 0 Å². The Morgan fingerprint density at radius 1 is 0.451 bits per heavy atom. The van der Waals surface area contributed by atoms with E-state index >= 15 is 0 Å². The lowest BCUT2D eigenvalue weighted by Gasteiger charge is -2.30. The molecule has 3 heteroatoms. The summed E-state index contributed by atoms with van der Waals surface area (Å²) in [5.41, 5.74) is 8.39. The fourth-order valence-electron chi connectivity index (χ4n) is 8.92. The molecule has 0 spiro atoms. The molecule has 0 saturated heterocycles. The first-order valence-corrected chi connectivity index (χ1v) is 21.3. The van der Waals surface area contributed by atoms with E-state index in [9.17, 15) is 0 Å². The molecule has 51 heavy (non-hydrogen) atoms. The van der Waals surface area contributed by atoms with Gasteiger partial charge in [0, 0.05) is 0 Å². The SMILES string of the molecule is CCCC1CCC(c2ccc(C(SC(c3ccc(OCC)cc3)c3ccc(C4CCC(CCC)CC4)cc3)c3ccc(OCC)cc3)cc2)CC1. The Hall–Kier alpha value is -3.17. The van der Waals surface area contributed by atoms with Crippen molar-refractivity contribution in [3.8, 4) is 11.5 Å². The molecule has 4 aromatic rings. The van der Waals surface area contributed by atoms with Crippen LogP contribution in [0.5, 0.6) is 11.5 Å². The molecule has 2 nitrogen and oxygen atoms in total. The lowest BCUT2D eigenvalue weighted by atomic mass is 9.77. The minimum Gasteiger partial charge on any atom is -0.494 e. The normalized spacial score (nSPS) is 21.9. The van der Waals surface area contributed by atoms with Crippen molar-refractivity contribution in [3.63, 3.8) is 0 Å². The van der Waals surface area contributed by atoms with Crippen LogP contribution in [-0.4, -0.2) is 13.2 Å². The van der Waals surface area contributed by atoms with E-state index in [4.69, 9.17) is 9.47 Å². The van der Waals surface area contributed by atoms with E-state index in [1.165, 1.54) is 110 Å². The van der Waals surface area contributed by atoms with Gasteiger partial charge >= 0.3 is 0 Å². The molecular formula is C48H62O2S. The molecule has 4 aromatic carbocycles. The zero-order chi connectivity index (χ0) is 35.4. The average Bonchev–Trinajstić information content (AvgIpc) is 3.18. The molecule has 2 fully saturated rings. The second-order valence-electron chi connectivity index (χ2n) is 15.2. The maximum atomic E-state index is 5.86. The Morgan fingerprint density at radius 3 is 1.06 bits per heavy atom. The predicted molar refractivity (Wildman–Crippen MR) is 219 cm³/mol. The molecule has 2 unspecified atom stereocenters. The van der Waals surface area contributed by atoms with Gasteiger partial charge in [-0.1, -0.05) is 112 Å². The summed E-state index contributed by atoms with van der Waals surface area (Å²) in [6, 6.07) is 37.2. The lowest BCUT2D eigenvalue weighted by molar-refractivity contribution is 0.308. The molecule has 2 saturated carbocycles. The van der Waals surface area contributed by atoms with Crippen molar-refractivity contribution in [2.24, 2.45) is 11.8 Å². The molecular weight excluding hydrogens is 641 g/mol. The van der Waals surface area contributed by atoms with E-state index in [1.54, 1.807) is 0 Å². The average molecular weight is 703 g/mol. The van der Waals surface area contributed by atoms with Crippen LogP contribution in [0.4, 0.5) is 0 Å². The molecule has 0 N–H and O–H groups in total. The molecule has 272 valence electrons. The van der Waals surface area contributed by atoms with Crippen LogP contribution < -0.4 is 9.47 Å². The highest BCUT2D eigenvalue weighted by atomic mass is 32.2. The Balaban J connectivity index is 1.29. The van der Waals surface area contributed by atoms with E-state index < -0.39 is 0 Å². The summed E-state index contributed by atoms with van der Waals surface area (Å²) in [7, 11) is 0. The van der Waals surface area contributed by atoms with Crippen molar-refractivity contribution in [2.75, 3.05) is 13.2 Å². The van der Waals surface area contributed by atoms with E-state index in [0.29, 0.717) is 25.0 Å². The maximum Gasteiger partial charge on any atom is 0.119 e. The van der Waals surface area contributed by atoms with Crippen molar-refractivity contribution in [2.45, 2.75) is 127 Å². The van der Waals surface area contributed by atoms with Crippen LogP contribution in [-0.2, 0) is 0 Å². The van der Waals surface area contributed by atoms with Gasteiger partial charge in [-0.05, 0) is 147 Å². The largest absolute Gasteiger partial charge is 0.494 e. The standard InChI is InChI=1S/C48H62O2S/c1-5-9-35-11-15-37(16-12-35)39-19-23-41(24-20-39)47(43-27-31-45(32-28-43)49-7-3)51-48(44-29-33-46(34-30-44)50-8-4)42-25-21-40(22-26-42)38-17-13-36(10-6-2)14-18-38/h19-38,47-48H,5-18H2,1-4H3. The van der Waals surface area contributed by atoms with E-state index in [0.717, 1.165) is 23.3 Å². The summed E-state index contributed by atoms with van der Waals surface area (Å²) in [6.07, 6.45) is 16.3. The number of rotatable bonds is 16. The lowest BCUT2D eigenvalue weighted by Crippen LogP contribution is -2.13. The first-order valence-electron chi connectivity index (χ1n) is 20.4. The zero-order valence-electron chi connectivity index (χ0n) is 31.8. The molecule has 0 aromatic heterocycles. The van der Waals surface area contributed by atoms with Gasteiger partial charge in [0.25, 0.3) is 0 Å². The minimum atomic E-state index is 0.167. The van der Waals surface area contributed by atoms with Crippen molar-refractivity contribution < 1.29 is 9.47 Å². The smallest absolute Gasteiger partial charge is 0.119 e.